The maximum atomic E-state index is 9.85. The molecule has 0 spiro atoms. The van der Waals surface area contributed by atoms with Crippen LogP contribution in [-0.2, 0) is 9.59 Å². The molecular weight excluding hydrogens is 186 g/mol. The lowest BCUT2D eigenvalue weighted by atomic mass is 10.2. The number of carbonyl (C=O) groups is 2. The molecule has 0 heterocycles. The van der Waals surface area contributed by atoms with Crippen molar-refractivity contribution in [1.82, 2.24) is 0 Å². The standard InChI is InChI=1S/C4H7NO4.ClH.Mg/c5-2(4(8)9)1-3(6)7;;/h2H,1,5H2,(H,6,7)(H,8,9);1H;/t2-;;/m0../s1. The molecule has 0 aromatic rings. The van der Waals surface area contributed by atoms with E-state index in [1.807, 2.05) is 0 Å². The molecule has 0 saturated heterocycles. The molecule has 0 aromatic carbocycles. The molecule has 0 amide bonds. The van der Waals surface area contributed by atoms with Crippen LogP contribution in [0.5, 0.6) is 0 Å². The third kappa shape index (κ3) is 9.96. The van der Waals surface area contributed by atoms with E-state index >= 15 is 0 Å². The van der Waals surface area contributed by atoms with Gasteiger partial charge < -0.3 is 15.9 Å². The van der Waals surface area contributed by atoms with Crippen LogP contribution in [0.25, 0.3) is 0 Å². The summed E-state index contributed by atoms with van der Waals surface area (Å²) in [6.45, 7) is 0. The molecule has 0 aliphatic carbocycles. The quantitative estimate of drug-likeness (QED) is 0.495. The zero-order chi connectivity index (χ0) is 7.44. The molecule has 0 saturated carbocycles. The largest absolute Gasteiger partial charge is 0.481 e. The zero-order valence-electron chi connectivity index (χ0n) is 5.69. The molecule has 11 heavy (non-hydrogen) atoms. The predicted octanol–water partition coefficient (Wildman–Crippen LogP) is -1.09. The van der Waals surface area contributed by atoms with Gasteiger partial charge in [0.1, 0.15) is 6.04 Å². The van der Waals surface area contributed by atoms with Crippen molar-refractivity contribution in [2.75, 3.05) is 0 Å². The summed E-state index contributed by atoms with van der Waals surface area (Å²) in [6, 6.07) is -1.29. The van der Waals surface area contributed by atoms with Crippen molar-refractivity contribution < 1.29 is 19.8 Å². The highest BCUT2D eigenvalue weighted by molar-refractivity contribution is 5.85. The van der Waals surface area contributed by atoms with Gasteiger partial charge in [0.2, 0.25) is 0 Å². The third-order valence-corrected chi connectivity index (χ3v) is 0.712. The zero-order valence-corrected chi connectivity index (χ0v) is 7.92. The van der Waals surface area contributed by atoms with Crippen LogP contribution in [0, 0.1) is 0 Å². The van der Waals surface area contributed by atoms with Crippen molar-refractivity contribution in [3.63, 3.8) is 0 Å². The Labute approximate surface area is 85.5 Å². The van der Waals surface area contributed by atoms with Gasteiger partial charge in [-0.25, -0.2) is 0 Å². The molecule has 0 bridgehead atoms. The van der Waals surface area contributed by atoms with E-state index in [4.69, 9.17) is 15.9 Å². The van der Waals surface area contributed by atoms with E-state index in [0.29, 0.717) is 0 Å². The van der Waals surface area contributed by atoms with Gasteiger partial charge in [0, 0.05) is 23.1 Å². The number of halogens is 1. The molecule has 2 radical (unpaired) electrons. The summed E-state index contributed by atoms with van der Waals surface area (Å²) in [5, 5.41) is 16.0. The second kappa shape index (κ2) is 8.06. The van der Waals surface area contributed by atoms with E-state index in [9.17, 15) is 9.59 Å². The van der Waals surface area contributed by atoms with Gasteiger partial charge >= 0.3 is 11.9 Å². The monoisotopic (exact) mass is 193 g/mol. The lowest BCUT2D eigenvalue weighted by molar-refractivity contribution is -0.144. The Bertz CT molecular complexity index is 142. The van der Waals surface area contributed by atoms with E-state index in [2.05, 4.69) is 0 Å². The highest BCUT2D eigenvalue weighted by Gasteiger charge is 2.14. The fraction of sp³-hybridized carbons (Fsp3) is 0.500. The summed E-state index contributed by atoms with van der Waals surface area (Å²) in [5.41, 5.74) is 4.84. The lowest BCUT2D eigenvalue weighted by Gasteiger charge is -1.99. The topological polar surface area (TPSA) is 101 Å². The van der Waals surface area contributed by atoms with Crippen LogP contribution in [0.1, 0.15) is 6.42 Å². The lowest BCUT2D eigenvalue weighted by Crippen LogP contribution is -2.32. The normalized spacial score (nSPS) is 10.3. The second-order valence-corrected chi connectivity index (χ2v) is 1.54. The highest BCUT2D eigenvalue weighted by Crippen LogP contribution is 1.86. The number of carboxylic acids is 2. The van der Waals surface area contributed by atoms with Crippen LogP contribution >= 0.6 is 12.4 Å². The SMILES string of the molecule is Cl.N[C@@H](CC(=O)O)C(=O)O.[Mg]. The summed E-state index contributed by atoms with van der Waals surface area (Å²) in [4.78, 5) is 19.6. The number of carboxylic acid groups (broad SMARTS) is 2. The Hall–Kier alpha value is -0.0438. The number of rotatable bonds is 3. The Morgan fingerprint density at radius 3 is 1.82 bits per heavy atom. The second-order valence-electron chi connectivity index (χ2n) is 1.54. The first-order valence-electron chi connectivity index (χ1n) is 2.24. The molecule has 0 fully saturated rings. The predicted molar refractivity (Wildman–Crippen MR) is 40.9 cm³/mol. The van der Waals surface area contributed by atoms with E-state index < -0.39 is 24.4 Å². The Balaban J connectivity index is -0.000000320. The summed E-state index contributed by atoms with van der Waals surface area (Å²) in [5.74, 6) is -2.50. The fourth-order valence-electron chi connectivity index (χ4n) is 0.275. The Morgan fingerprint density at radius 1 is 1.36 bits per heavy atom. The van der Waals surface area contributed by atoms with Gasteiger partial charge in [0.05, 0.1) is 6.42 Å². The van der Waals surface area contributed by atoms with Crippen LogP contribution in [0.15, 0.2) is 0 Å². The summed E-state index contributed by atoms with van der Waals surface area (Å²) in [7, 11) is 0. The Kier molecular flexibility index (Phi) is 12.6. The highest BCUT2D eigenvalue weighted by atomic mass is 35.5. The maximum Gasteiger partial charge on any atom is 0.321 e. The molecule has 62 valence electrons. The molecule has 5 nitrogen and oxygen atoms in total. The average molecular weight is 194 g/mol. The first kappa shape index (κ1) is 17.2. The Morgan fingerprint density at radius 2 is 1.73 bits per heavy atom. The molecule has 1 atom stereocenters. The van der Waals surface area contributed by atoms with Gasteiger partial charge in [-0.1, -0.05) is 0 Å². The van der Waals surface area contributed by atoms with Crippen LogP contribution in [-0.4, -0.2) is 51.2 Å². The van der Waals surface area contributed by atoms with Gasteiger partial charge in [-0.3, -0.25) is 9.59 Å². The van der Waals surface area contributed by atoms with Gasteiger partial charge in [-0.15, -0.1) is 12.4 Å². The molecule has 0 aliphatic heterocycles. The smallest absolute Gasteiger partial charge is 0.321 e. The first-order valence-corrected chi connectivity index (χ1v) is 2.24. The van der Waals surface area contributed by atoms with E-state index in [1.54, 1.807) is 0 Å². The number of aliphatic carboxylic acids is 2. The van der Waals surface area contributed by atoms with Crippen molar-refractivity contribution in [3.05, 3.63) is 0 Å². The van der Waals surface area contributed by atoms with Crippen molar-refractivity contribution in [2.45, 2.75) is 12.5 Å². The van der Waals surface area contributed by atoms with Crippen LogP contribution in [0.3, 0.4) is 0 Å². The van der Waals surface area contributed by atoms with Crippen molar-refractivity contribution in [2.24, 2.45) is 5.73 Å². The molecule has 0 rings (SSSR count). The van der Waals surface area contributed by atoms with Crippen molar-refractivity contribution >= 4 is 47.4 Å². The molecule has 0 unspecified atom stereocenters. The summed E-state index contributed by atoms with van der Waals surface area (Å²) >= 11 is 0. The molecular formula is C4H8ClMgNO4. The minimum atomic E-state index is -1.29. The van der Waals surface area contributed by atoms with E-state index in [0.717, 1.165) is 0 Å². The minimum Gasteiger partial charge on any atom is -0.481 e. The van der Waals surface area contributed by atoms with Gasteiger partial charge in [-0.05, 0) is 0 Å². The summed E-state index contributed by atoms with van der Waals surface area (Å²) in [6.07, 6.45) is -0.532. The van der Waals surface area contributed by atoms with Crippen LogP contribution < -0.4 is 5.73 Å². The first-order chi connectivity index (χ1) is 4.04. The van der Waals surface area contributed by atoms with Crippen LogP contribution in [0.2, 0.25) is 0 Å². The van der Waals surface area contributed by atoms with Gasteiger partial charge in [0.15, 0.2) is 0 Å². The number of hydrogen-bond acceptors (Lipinski definition) is 3. The van der Waals surface area contributed by atoms with Crippen LogP contribution in [0.4, 0.5) is 0 Å². The van der Waals surface area contributed by atoms with Gasteiger partial charge in [0.25, 0.3) is 0 Å². The molecule has 0 aromatic heterocycles. The fourth-order valence-corrected chi connectivity index (χ4v) is 0.275. The molecule has 0 aliphatic rings. The molecule has 4 N–H and O–H groups in total. The van der Waals surface area contributed by atoms with E-state index in [1.165, 1.54) is 0 Å². The third-order valence-electron chi connectivity index (χ3n) is 0.712. The molecule has 7 heteroatoms. The van der Waals surface area contributed by atoms with Crippen molar-refractivity contribution in [3.8, 4) is 0 Å². The minimum absolute atomic E-state index is 0. The average Bonchev–Trinajstić information content (AvgIpc) is 1.63. The van der Waals surface area contributed by atoms with E-state index in [-0.39, 0.29) is 35.5 Å². The number of hydrogen-bond donors (Lipinski definition) is 3. The summed E-state index contributed by atoms with van der Waals surface area (Å²) < 4.78 is 0. The number of nitrogens with two attached hydrogens (primary N) is 1. The van der Waals surface area contributed by atoms with Crippen molar-refractivity contribution in [1.29, 1.82) is 0 Å². The van der Waals surface area contributed by atoms with Gasteiger partial charge in [-0.2, -0.15) is 0 Å². The maximum absolute atomic E-state index is 9.85.